The minimum atomic E-state index is 0.618. The summed E-state index contributed by atoms with van der Waals surface area (Å²) in [5.74, 6) is 0. The van der Waals surface area contributed by atoms with Crippen molar-refractivity contribution in [2.24, 2.45) is 5.73 Å². The van der Waals surface area contributed by atoms with E-state index in [1.165, 1.54) is 13.2 Å². The van der Waals surface area contributed by atoms with Crippen LogP contribution in [0.5, 0.6) is 0 Å². The van der Waals surface area contributed by atoms with Crippen LogP contribution in [0.4, 0.5) is 0 Å². The van der Waals surface area contributed by atoms with E-state index in [-0.39, 0.29) is 0 Å². The first-order chi connectivity index (χ1) is 4.93. The number of hydrogen-bond donors (Lipinski definition) is 1. The summed E-state index contributed by atoms with van der Waals surface area (Å²) in [6.07, 6.45) is 3.92. The quantitative estimate of drug-likeness (QED) is 0.574. The van der Waals surface area contributed by atoms with Gasteiger partial charge in [0.1, 0.15) is 0 Å². The minimum absolute atomic E-state index is 0.618. The topological polar surface area (TPSA) is 56.0 Å². The molecule has 0 aliphatic carbocycles. The molecule has 10 heavy (non-hydrogen) atoms. The zero-order chi connectivity index (χ0) is 7.82. The standard InChI is InChI=1S/C6H5NO.CH5N/c8-5-6-2-1-3-7-4-6;1-2/h1-5H;2H2,1H3. The van der Waals surface area contributed by atoms with E-state index in [0.29, 0.717) is 5.56 Å². The average molecular weight is 138 g/mol. The number of rotatable bonds is 1. The molecule has 54 valence electrons. The first kappa shape index (κ1) is 8.78. The Morgan fingerprint density at radius 1 is 1.60 bits per heavy atom. The summed E-state index contributed by atoms with van der Waals surface area (Å²) in [4.78, 5) is 13.7. The monoisotopic (exact) mass is 138 g/mol. The molecule has 0 amide bonds. The summed E-state index contributed by atoms with van der Waals surface area (Å²) in [5.41, 5.74) is 5.12. The van der Waals surface area contributed by atoms with Crippen molar-refractivity contribution < 1.29 is 4.79 Å². The highest BCUT2D eigenvalue weighted by Crippen LogP contribution is 1.87. The second kappa shape index (κ2) is 5.91. The van der Waals surface area contributed by atoms with Crippen molar-refractivity contribution in [2.45, 2.75) is 0 Å². The molecule has 0 aliphatic rings. The Morgan fingerprint density at radius 3 is 2.60 bits per heavy atom. The van der Waals surface area contributed by atoms with Gasteiger partial charge in [-0.05, 0) is 19.2 Å². The Morgan fingerprint density at radius 2 is 2.30 bits per heavy atom. The fourth-order valence-electron chi connectivity index (χ4n) is 0.446. The molecular weight excluding hydrogens is 128 g/mol. The molecule has 0 fully saturated rings. The molecule has 0 aliphatic heterocycles. The molecule has 1 heterocycles. The summed E-state index contributed by atoms with van der Waals surface area (Å²) in [6, 6.07) is 3.43. The molecule has 0 saturated heterocycles. The van der Waals surface area contributed by atoms with Crippen molar-refractivity contribution in [1.82, 2.24) is 4.98 Å². The van der Waals surface area contributed by atoms with Gasteiger partial charge in [0.15, 0.2) is 6.29 Å². The molecule has 0 atom stereocenters. The van der Waals surface area contributed by atoms with Crippen LogP contribution in [0.25, 0.3) is 0 Å². The van der Waals surface area contributed by atoms with Gasteiger partial charge in [-0.25, -0.2) is 0 Å². The van der Waals surface area contributed by atoms with Crippen molar-refractivity contribution in [1.29, 1.82) is 0 Å². The molecule has 2 N–H and O–H groups in total. The van der Waals surface area contributed by atoms with Crippen molar-refractivity contribution in [3.63, 3.8) is 0 Å². The molecule has 0 radical (unpaired) electrons. The van der Waals surface area contributed by atoms with Gasteiger partial charge in [-0.2, -0.15) is 0 Å². The van der Waals surface area contributed by atoms with E-state index < -0.39 is 0 Å². The Labute approximate surface area is 59.9 Å². The highest BCUT2D eigenvalue weighted by molar-refractivity contribution is 5.73. The van der Waals surface area contributed by atoms with Crippen LogP contribution < -0.4 is 5.73 Å². The first-order valence-corrected chi connectivity index (χ1v) is 2.86. The summed E-state index contributed by atoms with van der Waals surface area (Å²) in [5, 5.41) is 0. The van der Waals surface area contributed by atoms with Gasteiger partial charge in [0.2, 0.25) is 0 Å². The lowest BCUT2D eigenvalue weighted by molar-refractivity contribution is 0.112. The van der Waals surface area contributed by atoms with Gasteiger partial charge < -0.3 is 5.73 Å². The predicted molar refractivity (Wildman–Crippen MR) is 39.7 cm³/mol. The summed E-state index contributed by atoms with van der Waals surface area (Å²) in [7, 11) is 1.50. The van der Waals surface area contributed by atoms with Crippen LogP contribution in [0.3, 0.4) is 0 Å². The van der Waals surface area contributed by atoms with Crippen molar-refractivity contribution in [3.05, 3.63) is 30.1 Å². The Bertz CT molecular complexity index is 174. The molecule has 1 aromatic rings. The average Bonchev–Trinajstić information content (AvgIpc) is 2.10. The van der Waals surface area contributed by atoms with Crippen molar-refractivity contribution in [3.8, 4) is 0 Å². The predicted octanol–water partition coefficient (Wildman–Crippen LogP) is 0.469. The number of nitrogens with two attached hydrogens (primary N) is 1. The van der Waals surface area contributed by atoms with Crippen LogP contribution in [0, 0.1) is 0 Å². The lowest BCUT2D eigenvalue weighted by Crippen LogP contribution is -1.77. The number of pyridine rings is 1. The van der Waals surface area contributed by atoms with Gasteiger partial charge in [0.25, 0.3) is 0 Å². The number of nitrogens with zero attached hydrogens (tertiary/aromatic N) is 1. The second-order valence-electron chi connectivity index (χ2n) is 1.40. The fourth-order valence-corrected chi connectivity index (χ4v) is 0.446. The number of aldehydes is 1. The van der Waals surface area contributed by atoms with Gasteiger partial charge >= 0.3 is 0 Å². The van der Waals surface area contributed by atoms with Gasteiger partial charge in [-0.15, -0.1) is 0 Å². The smallest absolute Gasteiger partial charge is 0.151 e. The molecule has 0 unspecified atom stereocenters. The molecule has 0 aromatic carbocycles. The third kappa shape index (κ3) is 2.94. The largest absolute Gasteiger partial charge is 0.333 e. The van der Waals surface area contributed by atoms with Gasteiger partial charge in [-0.1, -0.05) is 0 Å². The Balaban J connectivity index is 0.000000371. The fraction of sp³-hybridized carbons (Fsp3) is 0.143. The molecule has 1 aromatic heterocycles. The van der Waals surface area contributed by atoms with Crippen LogP contribution in [-0.2, 0) is 0 Å². The molecule has 0 spiro atoms. The SMILES string of the molecule is CN.O=Cc1cccnc1. The summed E-state index contributed by atoms with van der Waals surface area (Å²) >= 11 is 0. The second-order valence-corrected chi connectivity index (χ2v) is 1.40. The van der Waals surface area contributed by atoms with Crippen molar-refractivity contribution in [2.75, 3.05) is 7.05 Å². The highest BCUT2D eigenvalue weighted by atomic mass is 16.1. The Hall–Kier alpha value is -1.22. The molecule has 0 bridgehead atoms. The van der Waals surface area contributed by atoms with Gasteiger partial charge in [-0.3, -0.25) is 9.78 Å². The maximum atomic E-state index is 9.97. The molecule has 3 nitrogen and oxygen atoms in total. The van der Waals surface area contributed by atoms with E-state index in [1.54, 1.807) is 18.3 Å². The van der Waals surface area contributed by atoms with Crippen LogP contribution in [0.1, 0.15) is 10.4 Å². The van der Waals surface area contributed by atoms with Crippen LogP contribution in [-0.4, -0.2) is 18.3 Å². The van der Waals surface area contributed by atoms with Gasteiger partial charge in [0.05, 0.1) is 0 Å². The number of hydrogen-bond acceptors (Lipinski definition) is 3. The van der Waals surface area contributed by atoms with Crippen LogP contribution >= 0.6 is 0 Å². The van der Waals surface area contributed by atoms with E-state index in [0.717, 1.165) is 6.29 Å². The summed E-state index contributed by atoms with van der Waals surface area (Å²) < 4.78 is 0. The lowest BCUT2D eigenvalue weighted by atomic mass is 10.3. The maximum absolute atomic E-state index is 9.97. The zero-order valence-corrected chi connectivity index (χ0v) is 5.82. The van der Waals surface area contributed by atoms with Gasteiger partial charge in [0, 0.05) is 18.0 Å². The number of aromatic nitrogens is 1. The van der Waals surface area contributed by atoms with Crippen LogP contribution in [0.15, 0.2) is 24.5 Å². The number of carbonyl (C=O) groups is 1. The van der Waals surface area contributed by atoms with E-state index in [2.05, 4.69) is 10.7 Å². The zero-order valence-electron chi connectivity index (χ0n) is 5.82. The third-order valence-corrected chi connectivity index (χ3v) is 0.820. The molecular formula is C7H10N2O. The van der Waals surface area contributed by atoms with E-state index >= 15 is 0 Å². The normalized spacial score (nSPS) is 7.40. The highest BCUT2D eigenvalue weighted by Gasteiger charge is 1.81. The first-order valence-electron chi connectivity index (χ1n) is 2.86. The molecule has 0 saturated carbocycles. The van der Waals surface area contributed by atoms with Crippen molar-refractivity contribution >= 4 is 6.29 Å². The van der Waals surface area contributed by atoms with E-state index in [1.807, 2.05) is 0 Å². The van der Waals surface area contributed by atoms with Crippen LogP contribution in [0.2, 0.25) is 0 Å². The van der Waals surface area contributed by atoms with E-state index in [4.69, 9.17) is 0 Å². The third-order valence-electron chi connectivity index (χ3n) is 0.820. The molecule has 1 rings (SSSR count). The minimum Gasteiger partial charge on any atom is -0.333 e. The summed E-state index contributed by atoms with van der Waals surface area (Å²) in [6.45, 7) is 0. The Kier molecular flexibility index (Phi) is 5.19. The molecule has 3 heteroatoms. The lowest BCUT2D eigenvalue weighted by Gasteiger charge is -1.81. The van der Waals surface area contributed by atoms with E-state index in [9.17, 15) is 4.79 Å². The number of carbonyl (C=O) groups excluding carboxylic acids is 1. The maximum Gasteiger partial charge on any atom is 0.151 e.